The molecule has 1 atom stereocenters. The fourth-order valence-electron chi connectivity index (χ4n) is 1.28. The zero-order chi connectivity index (χ0) is 12.8. The van der Waals surface area contributed by atoms with Gasteiger partial charge in [0.1, 0.15) is 6.04 Å². The van der Waals surface area contributed by atoms with Gasteiger partial charge in [-0.15, -0.1) is 0 Å². The maximum Gasteiger partial charge on any atom is 0.323 e. The Morgan fingerprint density at radius 3 is 2.88 bits per heavy atom. The lowest BCUT2D eigenvalue weighted by atomic mass is 10.2. The summed E-state index contributed by atoms with van der Waals surface area (Å²) >= 11 is 7.67. The molecular formula is C12H16ClNO2S. The predicted octanol–water partition coefficient (Wildman–Crippen LogP) is 2.38. The molecule has 0 radical (unpaired) electrons. The second-order valence-corrected chi connectivity index (χ2v) is 5.18. The average molecular weight is 274 g/mol. The largest absolute Gasteiger partial charge is 0.468 e. The van der Waals surface area contributed by atoms with Crippen molar-refractivity contribution in [1.29, 1.82) is 0 Å². The minimum Gasteiger partial charge on any atom is -0.468 e. The van der Waals surface area contributed by atoms with Crippen molar-refractivity contribution in [3.8, 4) is 0 Å². The highest BCUT2D eigenvalue weighted by Crippen LogP contribution is 2.22. The Bertz CT molecular complexity index is 398. The number of esters is 1. The molecule has 1 unspecified atom stereocenters. The second-order valence-electron chi connectivity index (χ2n) is 3.74. The number of methoxy groups -OCH3 is 1. The molecule has 94 valence electrons. The predicted molar refractivity (Wildman–Crippen MR) is 72.3 cm³/mol. The van der Waals surface area contributed by atoms with Crippen molar-refractivity contribution in [2.24, 2.45) is 5.73 Å². The van der Waals surface area contributed by atoms with Crippen molar-refractivity contribution in [3.05, 3.63) is 34.3 Å². The number of thioether (sulfide) groups is 1. The first-order valence-corrected chi connectivity index (χ1v) is 6.74. The third-order valence-corrected chi connectivity index (χ3v) is 3.73. The van der Waals surface area contributed by atoms with Crippen molar-refractivity contribution in [2.75, 3.05) is 12.9 Å². The zero-order valence-corrected chi connectivity index (χ0v) is 11.5. The number of carbonyl (C=O) groups excluding carboxylic acids is 1. The monoisotopic (exact) mass is 273 g/mol. The molecular weight excluding hydrogens is 258 g/mol. The lowest BCUT2D eigenvalue weighted by Crippen LogP contribution is -2.33. The van der Waals surface area contributed by atoms with Crippen LogP contribution in [0.2, 0.25) is 5.02 Å². The van der Waals surface area contributed by atoms with E-state index >= 15 is 0 Å². The number of rotatable bonds is 5. The molecule has 0 heterocycles. The quantitative estimate of drug-likeness (QED) is 0.837. The van der Waals surface area contributed by atoms with Gasteiger partial charge in [-0.05, 0) is 24.1 Å². The number of carbonyl (C=O) groups is 1. The SMILES string of the molecule is COC(=O)C(N)CSCc1ccc(C)cc1Cl. The summed E-state index contributed by atoms with van der Waals surface area (Å²) in [7, 11) is 1.34. The zero-order valence-electron chi connectivity index (χ0n) is 9.90. The van der Waals surface area contributed by atoms with Crippen LogP contribution in [0.25, 0.3) is 0 Å². The highest BCUT2D eigenvalue weighted by molar-refractivity contribution is 7.98. The van der Waals surface area contributed by atoms with Gasteiger partial charge in [-0.3, -0.25) is 4.79 Å². The number of hydrogen-bond donors (Lipinski definition) is 1. The Balaban J connectivity index is 2.43. The minimum atomic E-state index is -0.575. The Hall–Kier alpha value is -0.710. The first kappa shape index (κ1) is 14.4. The van der Waals surface area contributed by atoms with E-state index in [4.69, 9.17) is 17.3 Å². The Kier molecular flexibility index (Phi) is 5.82. The molecule has 1 aromatic carbocycles. The molecule has 0 amide bonds. The molecule has 0 aliphatic heterocycles. The number of hydrogen-bond acceptors (Lipinski definition) is 4. The van der Waals surface area contributed by atoms with Gasteiger partial charge in [0.05, 0.1) is 7.11 Å². The molecule has 0 saturated heterocycles. The van der Waals surface area contributed by atoms with E-state index in [1.165, 1.54) is 7.11 Å². The van der Waals surface area contributed by atoms with E-state index in [9.17, 15) is 4.79 Å². The van der Waals surface area contributed by atoms with Gasteiger partial charge < -0.3 is 10.5 Å². The van der Waals surface area contributed by atoms with Gasteiger partial charge in [0.2, 0.25) is 0 Å². The molecule has 2 N–H and O–H groups in total. The van der Waals surface area contributed by atoms with Crippen LogP contribution in [0.1, 0.15) is 11.1 Å². The van der Waals surface area contributed by atoms with Crippen LogP contribution in [0.5, 0.6) is 0 Å². The molecule has 5 heteroatoms. The van der Waals surface area contributed by atoms with E-state index in [2.05, 4.69) is 4.74 Å². The van der Waals surface area contributed by atoms with E-state index in [0.717, 1.165) is 21.9 Å². The van der Waals surface area contributed by atoms with Crippen LogP contribution in [0.3, 0.4) is 0 Å². The van der Waals surface area contributed by atoms with Gasteiger partial charge >= 0.3 is 5.97 Å². The number of halogens is 1. The molecule has 17 heavy (non-hydrogen) atoms. The Morgan fingerprint density at radius 2 is 2.29 bits per heavy atom. The maximum absolute atomic E-state index is 11.1. The fraction of sp³-hybridized carbons (Fsp3) is 0.417. The molecule has 0 aliphatic rings. The highest BCUT2D eigenvalue weighted by Gasteiger charge is 2.13. The fourth-order valence-corrected chi connectivity index (χ4v) is 2.65. The normalized spacial score (nSPS) is 12.2. The van der Waals surface area contributed by atoms with Crippen LogP contribution in [0.15, 0.2) is 18.2 Å². The minimum absolute atomic E-state index is 0.382. The van der Waals surface area contributed by atoms with Gasteiger partial charge in [0, 0.05) is 16.5 Å². The summed E-state index contributed by atoms with van der Waals surface area (Å²) in [4.78, 5) is 11.1. The topological polar surface area (TPSA) is 52.3 Å². The summed E-state index contributed by atoms with van der Waals surface area (Å²) in [5.74, 6) is 0.883. The van der Waals surface area contributed by atoms with Crippen LogP contribution >= 0.6 is 23.4 Å². The van der Waals surface area contributed by atoms with Crippen LogP contribution < -0.4 is 5.73 Å². The van der Waals surface area contributed by atoms with Crippen LogP contribution in [-0.2, 0) is 15.3 Å². The third-order valence-electron chi connectivity index (χ3n) is 2.27. The van der Waals surface area contributed by atoms with Gasteiger partial charge in [-0.2, -0.15) is 11.8 Å². The maximum atomic E-state index is 11.1. The van der Waals surface area contributed by atoms with E-state index in [0.29, 0.717) is 5.75 Å². The first-order valence-electron chi connectivity index (χ1n) is 5.20. The Labute approximate surface area is 111 Å². The molecule has 1 rings (SSSR count). The van der Waals surface area contributed by atoms with E-state index < -0.39 is 6.04 Å². The lowest BCUT2D eigenvalue weighted by Gasteiger charge is -2.09. The summed E-state index contributed by atoms with van der Waals surface area (Å²) < 4.78 is 4.55. The van der Waals surface area contributed by atoms with Crippen molar-refractivity contribution in [2.45, 2.75) is 18.7 Å². The van der Waals surface area contributed by atoms with Crippen molar-refractivity contribution < 1.29 is 9.53 Å². The van der Waals surface area contributed by atoms with Crippen LogP contribution in [0.4, 0.5) is 0 Å². The summed E-state index contributed by atoms with van der Waals surface area (Å²) in [5.41, 5.74) is 7.81. The summed E-state index contributed by atoms with van der Waals surface area (Å²) in [6.07, 6.45) is 0. The van der Waals surface area contributed by atoms with Crippen LogP contribution in [-0.4, -0.2) is 24.9 Å². The molecule has 0 aromatic heterocycles. The lowest BCUT2D eigenvalue weighted by molar-refractivity contribution is -0.141. The summed E-state index contributed by atoms with van der Waals surface area (Å²) in [5, 5.41) is 0.754. The van der Waals surface area contributed by atoms with E-state index in [1.807, 2.05) is 25.1 Å². The first-order chi connectivity index (χ1) is 8.04. The molecule has 0 fully saturated rings. The Morgan fingerprint density at radius 1 is 1.59 bits per heavy atom. The molecule has 0 bridgehead atoms. The van der Waals surface area contributed by atoms with Gasteiger partial charge in [-0.1, -0.05) is 23.7 Å². The molecule has 0 saturated carbocycles. The van der Waals surface area contributed by atoms with Gasteiger partial charge in [0.25, 0.3) is 0 Å². The van der Waals surface area contributed by atoms with E-state index in [1.54, 1.807) is 11.8 Å². The highest BCUT2D eigenvalue weighted by atomic mass is 35.5. The molecule has 1 aromatic rings. The van der Waals surface area contributed by atoms with Crippen LogP contribution in [0, 0.1) is 6.92 Å². The van der Waals surface area contributed by atoms with E-state index in [-0.39, 0.29) is 5.97 Å². The number of benzene rings is 1. The summed E-state index contributed by atoms with van der Waals surface area (Å²) in [6, 6.07) is 5.36. The number of nitrogens with two attached hydrogens (primary N) is 1. The molecule has 0 spiro atoms. The van der Waals surface area contributed by atoms with Gasteiger partial charge in [-0.25, -0.2) is 0 Å². The molecule has 0 aliphatic carbocycles. The smallest absolute Gasteiger partial charge is 0.323 e. The summed E-state index contributed by atoms with van der Waals surface area (Å²) in [6.45, 7) is 2.00. The van der Waals surface area contributed by atoms with Crippen molar-refractivity contribution >= 4 is 29.3 Å². The van der Waals surface area contributed by atoms with Crippen molar-refractivity contribution in [3.63, 3.8) is 0 Å². The standard InChI is InChI=1S/C12H16ClNO2S/c1-8-3-4-9(10(13)5-8)6-17-7-11(14)12(15)16-2/h3-5,11H,6-7,14H2,1-2H3. The van der Waals surface area contributed by atoms with Crippen molar-refractivity contribution in [1.82, 2.24) is 0 Å². The molecule has 3 nitrogen and oxygen atoms in total. The number of ether oxygens (including phenoxy) is 1. The third kappa shape index (κ3) is 4.58. The number of aryl methyl sites for hydroxylation is 1. The second kappa shape index (κ2) is 6.89. The van der Waals surface area contributed by atoms with Gasteiger partial charge in [0.15, 0.2) is 0 Å². The average Bonchev–Trinajstić information content (AvgIpc) is 2.30.